The van der Waals surface area contributed by atoms with E-state index in [0.717, 1.165) is 15.4 Å². The van der Waals surface area contributed by atoms with E-state index in [-0.39, 0.29) is 12.3 Å². The first-order chi connectivity index (χ1) is 10.5. The lowest BCUT2D eigenvalue weighted by molar-refractivity contribution is -0.141. The maximum Gasteiger partial charge on any atom is 0.306 e. The highest BCUT2D eigenvalue weighted by molar-refractivity contribution is 9.10. The van der Waals surface area contributed by atoms with Gasteiger partial charge in [-0.05, 0) is 18.2 Å². The molecule has 1 atom stereocenters. The number of aromatic amines is 1. The first kappa shape index (κ1) is 15.1. The Labute approximate surface area is 135 Å². The molecule has 1 aliphatic heterocycles. The standard InChI is InChI=1S/C15H15BrN2O4/c16-10-2-1-9-5-13(17-12(9)6-10)15(21)18-3-4-22-11(8-18)7-14(19)20/h1-2,5-6,11,17H,3-4,7-8H2,(H,19,20)/t11-/m1/s1. The monoisotopic (exact) mass is 366 g/mol. The van der Waals surface area contributed by atoms with Crippen molar-refractivity contribution < 1.29 is 19.4 Å². The van der Waals surface area contributed by atoms with Crippen molar-refractivity contribution in [2.24, 2.45) is 0 Å². The molecule has 1 aliphatic rings. The number of carboxylic acid groups (broad SMARTS) is 1. The van der Waals surface area contributed by atoms with E-state index in [1.54, 1.807) is 4.90 Å². The van der Waals surface area contributed by atoms with Gasteiger partial charge in [0.25, 0.3) is 5.91 Å². The van der Waals surface area contributed by atoms with E-state index < -0.39 is 12.1 Å². The first-order valence-electron chi connectivity index (χ1n) is 6.94. The zero-order valence-electron chi connectivity index (χ0n) is 11.7. The molecule has 2 heterocycles. The fourth-order valence-corrected chi connectivity index (χ4v) is 2.97. The summed E-state index contributed by atoms with van der Waals surface area (Å²) in [6, 6.07) is 7.58. The van der Waals surface area contributed by atoms with Crippen LogP contribution in [-0.2, 0) is 9.53 Å². The van der Waals surface area contributed by atoms with Crippen LogP contribution in [0.3, 0.4) is 0 Å². The topological polar surface area (TPSA) is 82.6 Å². The zero-order valence-corrected chi connectivity index (χ0v) is 13.3. The smallest absolute Gasteiger partial charge is 0.306 e. The van der Waals surface area contributed by atoms with Gasteiger partial charge in [-0.25, -0.2) is 0 Å². The van der Waals surface area contributed by atoms with Gasteiger partial charge in [0.05, 0.1) is 19.1 Å². The molecule has 1 saturated heterocycles. The predicted molar refractivity (Wildman–Crippen MR) is 83.9 cm³/mol. The number of halogens is 1. The number of carbonyl (C=O) groups excluding carboxylic acids is 1. The van der Waals surface area contributed by atoms with Gasteiger partial charge in [-0.2, -0.15) is 0 Å². The van der Waals surface area contributed by atoms with E-state index in [2.05, 4.69) is 20.9 Å². The number of morpholine rings is 1. The summed E-state index contributed by atoms with van der Waals surface area (Å²) >= 11 is 3.40. The zero-order chi connectivity index (χ0) is 15.7. The normalized spacial score (nSPS) is 18.6. The molecule has 0 radical (unpaired) electrons. The molecular formula is C15H15BrN2O4. The minimum atomic E-state index is -0.922. The lowest BCUT2D eigenvalue weighted by atomic mass is 10.2. The lowest BCUT2D eigenvalue weighted by Crippen LogP contribution is -2.46. The molecule has 1 fully saturated rings. The highest BCUT2D eigenvalue weighted by Gasteiger charge is 2.27. The predicted octanol–water partition coefficient (Wildman–Crippen LogP) is 2.25. The molecule has 7 heteroatoms. The van der Waals surface area contributed by atoms with Gasteiger partial charge in [-0.1, -0.05) is 22.0 Å². The summed E-state index contributed by atoms with van der Waals surface area (Å²) in [5.74, 6) is -1.05. The van der Waals surface area contributed by atoms with Crippen LogP contribution in [-0.4, -0.2) is 52.7 Å². The summed E-state index contributed by atoms with van der Waals surface area (Å²) in [4.78, 5) is 28.1. The fourth-order valence-electron chi connectivity index (χ4n) is 2.61. The molecule has 0 spiro atoms. The average Bonchev–Trinajstić information content (AvgIpc) is 2.89. The highest BCUT2D eigenvalue weighted by Crippen LogP contribution is 2.21. The van der Waals surface area contributed by atoms with Crippen molar-refractivity contribution in [3.8, 4) is 0 Å². The van der Waals surface area contributed by atoms with Crippen molar-refractivity contribution in [1.29, 1.82) is 0 Å². The number of carboxylic acids is 1. The molecule has 3 rings (SSSR count). The van der Waals surface area contributed by atoms with Crippen molar-refractivity contribution in [1.82, 2.24) is 9.88 Å². The van der Waals surface area contributed by atoms with Gasteiger partial charge in [-0.15, -0.1) is 0 Å². The van der Waals surface area contributed by atoms with Gasteiger partial charge in [0.1, 0.15) is 5.69 Å². The Morgan fingerprint density at radius 3 is 3.00 bits per heavy atom. The third-order valence-corrected chi connectivity index (χ3v) is 4.14. The van der Waals surface area contributed by atoms with E-state index in [1.165, 1.54) is 0 Å². The van der Waals surface area contributed by atoms with Crippen LogP contribution in [0.25, 0.3) is 10.9 Å². The van der Waals surface area contributed by atoms with Gasteiger partial charge < -0.3 is 19.7 Å². The van der Waals surface area contributed by atoms with Crippen molar-refractivity contribution in [2.45, 2.75) is 12.5 Å². The number of carbonyl (C=O) groups is 2. The lowest BCUT2D eigenvalue weighted by Gasteiger charge is -2.32. The number of nitrogens with one attached hydrogen (secondary N) is 1. The third kappa shape index (κ3) is 3.15. The molecule has 2 N–H and O–H groups in total. The number of amides is 1. The van der Waals surface area contributed by atoms with Crippen LogP contribution in [0, 0.1) is 0 Å². The molecule has 2 aromatic rings. The van der Waals surface area contributed by atoms with E-state index in [9.17, 15) is 9.59 Å². The molecule has 0 saturated carbocycles. The Bertz CT molecular complexity index is 727. The minimum absolute atomic E-state index is 0.0938. The number of benzene rings is 1. The second-order valence-corrected chi connectivity index (χ2v) is 6.17. The van der Waals surface area contributed by atoms with Gasteiger partial charge in [-0.3, -0.25) is 9.59 Å². The van der Waals surface area contributed by atoms with Crippen molar-refractivity contribution >= 4 is 38.7 Å². The Hall–Kier alpha value is -1.86. The van der Waals surface area contributed by atoms with Crippen LogP contribution in [0.5, 0.6) is 0 Å². The van der Waals surface area contributed by atoms with Crippen LogP contribution < -0.4 is 0 Å². The van der Waals surface area contributed by atoms with Crippen molar-refractivity contribution in [3.05, 3.63) is 34.4 Å². The number of fused-ring (bicyclic) bond motifs is 1. The molecule has 0 aliphatic carbocycles. The summed E-state index contributed by atoms with van der Waals surface area (Å²) in [7, 11) is 0. The van der Waals surface area contributed by atoms with Gasteiger partial charge >= 0.3 is 5.97 Å². The number of nitrogens with zero attached hydrogens (tertiary/aromatic N) is 1. The van der Waals surface area contributed by atoms with E-state index in [1.807, 2.05) is 24.3 Å². The van der Waals surface area contributed by atoms with Crippen LogP contribution in [0.2, 0.25) is 0 Å². The molecular weight excluding hydrogens is 352 g/mol. The molecule has 1 amide bonds. The van der Waals surface area contributed by atoms with Crippen LogP contribution in [0.4, 0.5) is 0 Å². The van der Waals surface area contributed by atoms with Crippen molar-refractivity contribution in [2.75, 3.05) is 19.7 Å². The third-order valence-electron chi connectivity index (χ3n) is 3.64. The second kappa shape index (κ2) is 6.10. The number of hydrogen-bond donors (Lipinski definition) is 2. The van der Waals surface area contributed by atoms with Crippen molar-refractivity contribution in [3.63, 3.8) is 0 Å². The Morgan fingerprint density at radius 2 is 2.23 bits per heavy atom. The number of aliphatic carboxylic acids is 1. The maximum absolute atomic E-state index is 12.6. The number of hydrogen-bond acceptors (Lipinski definition) is 3. The Morgan fingerprint density at radius 1 is 1.41 bits per heavy atom. The number of rotatable bonds is 3. The number of ether oxygens (including phenoxy) is 1. The molecule has 116 valence electrons. The van der Waals surface area contributed by atoms with Gasteiger partial charge in [0.15, 0.2) is 0 Å². The summed E-state index contributed by atoms with van der Waals surface area (Å²) in [5, 5.41) is 9.79. The van der Waals surface area contributed by atoms with Gasteiger partial charge in [0, 0.05) is 28.5 Å². The second-order valence-electron chi connectivity index (χ2n) is 5.26. The van der Waals surface area contributed by atoms with Crippen LogP contribution in [0.15, 0.2) is 28.7 Å². The molecule has 0 unspecified atom stereocenters. The summed E-state index contributed by atoms with van der Waals surface area (Å²) in [6.07, 6.45) is -0.544. The van der Waals surface area contributed by atoms with Gasteiger partial charge in [0.2, 0.25) is 0 Å². The Kier molecular flexibility index (Phi) is 4.17. The van der Waals surface area contributed by atoms with Crippen LogP contribution in [0.1, 0.15) is 16.9 Å². The van der Waals surface area contributed by atoms with E-state index in [4.69, 9.17) is 9.84 Å². The quantitative estimate of drug-likeness (QED) is 0.872. The molecule has 6 nitrogen and oxygen atoms in total. The average molecular weight is 367 g/mol. The summed E-state index contributed by atoms with van der Waals surface area (Å²) < 4.78 is 6.33. The largest absolute Gasteiger partial charge is 0.481 e. The molecule has 22 heavy (non-hydrogen) atoms. The van der Waals surface area contributed by atoms with E-state index in [0.29, 0.717) is 25.4 Å². The Balaban J connectivity index is 1.78. The highest BCUT2D eigenvalue weighted by atomic mass is 79.9. The molecule has 1 aromatic heterocycles. The molecule has 0 bridgehead atoms. The SMILES string of the molecule is O=C(O)C[C@@H]1CN(C(=O)c2cc3ccc(Br)cc3[nH]2)CCO1. The summed E-state index contributed by atoms with van der Waals surface area (Å²) in [6.45, 7) is 1.12. The molecule has 1 aromatic carbocycles. The first-order valence-corrected chi connectivity index (χ1v) is 7.73. The van der Waals surface area contributed by atoms with E-state index >= 15 is 0 Å². The minimum Gasteiger partial charge on any atom is -0.481 e. The number of aromatic nitrogens is 1. The maximum atomic E-state index is 12.6. The number of H-pyrrole nitrogens is 1. The fraction of sp³-hybridized carbons (Fsp3) is 0.333. The van der Waals surface area contributed by atoms with Crippen LogP contribution >= 0.6 is 15.9 Å². The summed E-state index contributed by atoms with van der Waals surface area (Å²) in [5.41, 5.74) is 1.39.